The molecule has 0 aliphatic rings. The van der Waals surface area contributed by atoms with Gasteiger partial charge in [0.2, 0.25) is 0 Å². The third-order valence-electron chi connectivity index (χ3n) is 3.13. The monoisotopic (exact) mass is 297 g/mol. The predicted octanol–water partition coefficient (Wildman–Crippen LogP) is 2.43. The number of benzene rings is 2. The van der Waals surface area contributed by atoms with Crippen LogP contribution in [0, 0.1) is 0 Å². The Morgan fingerprint density at radius 1 is 1.14 bits per heavy atom. The molecule has 114 valence electrons. The summed E-state index contributed by atoms with van der Waals surface area (Å²) in [6.07, 6.45) is 1.53. The third-order valence-corrected chi connectivity index (χ3v) is 3.13. The van der Waals surface area contributed by atoms with Crippen LogP contribution >= 0.6 is 0 Å². The number of aliphatic carboxylic acids is 1. The zero-order chi connectivity index (χ0) is 15.9. The topological polar surface area (TPSA) is 58.6 Å². The van der Waals surface area contributed by atoms with Gasteiger partial charge in [0.1, 0.15) is 6.61 Å². The fourth-order valence-corrected chi connectivity index (χ4v) is 1.94. The molecule has 0 aliphatic carbocycles. The number of carbonyl (C=O) groups excluding carboxylic acids is 1. The van der Waals surface area contributed by atoms with Crippen molar-refractivity contribution in [1.82, 2.24) is 0 Å². The molecule has 0 saturated heterocycles. The minimum Gasteiger partial charge on any atom is -0.545 e. The van der Waals surface area contributed by atoms with Crippen molar-refractivity contribution in [3.63, 3.8) is 0 Å². The Labute approximate surface area is 129 Å². The number of hydrogen-bond acceptors (Lipinski definition) is 4. The number of carboxylic acids is 1. The van der Waals surface area contributed by atoms with E-state index >= 15 is 0 Å². The molecule has 0 atom stereocenters. The average Bonchev–Trinajstić information content (AvgIpc) is 2.54. The molecule has 2 aromatic rings. The van der Waals surface area contributed by atoms with Crippen LogP contribution in [-0.4, -0.2) is 13.1 Å². The summed E-state index contributed by atoms with van der Waals surface area (Å²) in [5.41, 5.74) is 1.90. The highest BCUT2D eigenvalue weighted by Crippen LogP contribution is 2.29. The standard InChI is InChI=1S/C18H18O4/c1-13(18(19)20)10-15-8-9-16(21-2)17(11-15)22-12-14-6-4-3-5-7-14/h3-11H,12H2,1-2H3,(H,19,20)/p-1/b13-10+. The second-order valence-electron chi connectivity index (χ2n) is 4.80. The van der Waals surface area contributed by atoms with Gasteiger partial charge in [-0.1, -0.05) is 42.5 Å². The van der Waals surface area contributed by atoms with E-state index in [-0.39, 0.29) is 5.57 Å². The fourth-order valence-electron chi connectivity index (χ4n) is 1.94. The van der Waals surface area contributed by atoms with E-state index in [9.17, 15) is 9.90 Å². The maximum atomic E-state index is 10.8. The molecule has 0 aliphatic heterocycles. The van der Waals surface area contributed by atoms with Gasteiger partial charge >= 0.3 is 0 Å². The van der Waals surface area contributed by atoms with Crippen LogP contribution in [0.25, 0.3) is 6.08 Å². The summed E-state index contributed by atoms with van der Waals surface area (Å²) >= 11 is 0. The summed E-state index contributed by atoms with van der Waals surface area (Å²) in [5.74, 6) is -0.0343. The second-order valence-corrected chi connectivity index (χ2v) is 4.80. The first kappa shape index (κ1) is 15.6. The highest BCUT2D eigenvalue weighted by Gasteiger charge is 2.06. The van der Waals surface area contributed by atoms with E-state index in [4.69, 9.17) is 9.47 Å². The van der Waals surface area contributed by atoms with Crippen LogP contribution in [0.4, 0.5) is 0 Å². The summed E-state index contributed by atoms with van der Waals surface area (Å²) in [5, 5.41) is 10.8. The van der Waals surface area contributed by atoms with Crippen LogP contribution in [0.5, 0.6) is 11.5 Å². The summed E-state index contributed by atoms with van der Waals surface area (Å²) in [4.78, 5) is 10.8. The van der Waals surface area contributed by atoms with Gasteiger partial charge in [-0.25, -0.2) is 0 Å². The molecule has 0 unspecified atom stereocenters. The van der Waals surface area contributed by atoms with Crippen LogP contribution < -0.4 is 14.6 Å². The van der Waals surface area contributed by atoms with Gasteiger partial charge in [0.25, 0.3) is 0 Å². The SMILES string of the molecule is COc1ccc(/C=C(\C)C(=O)[O-])cc1OCc1ccccc1. The van der Waals surface area contributed by atoms with E-state index in [0.29, 0.717) is 23.7 Å². The number of carbonyl (C=O) groups is 1. The van der Waals surface area contributed by atoms with Gasteiger partial charge in [-0.05, 0) is 35.8 Å². The Morgan fingerprint density at radius 2 is 1.86 bits per heavy atom. The van der Waals surface area contributed by atoms with E-state index in [1.807, 2.05) is 30.3 Å². The van der Waals surface area contributed by atoms with Gasteiger partial charge in [-0.3, -0.25) is 0 Å². The lowest BCUT2D eigenvalue weighted by Crippen LogP contribution is -2.22. The quantitative estimate of drug-likeness (QED) is 0.768. The van der Waals surface area contributed by atoms with Crippen LogP contribution in [0.2, 0.25) is 0 Å². The number of rotatable bonds is 6. The van der Waals surface area contributed by atoms with Gasteiger partial charge in [-0.2, -0.15) is 0 Å². The van der Waals surface area contributed by atoms with Crippen LogP contribution in [-0.2, 0) is 11.4 Å². The Bertz CT molecular complexity index is 675. The van der Waals surface area contributed by atoms with Gasteiger partial charge < -0.3 is 19.4 Å². The predicted molar refractivity (Wildman–Crippen MR) is 82.4 cm³/mol. The van der Waals surface area contributed by atoms with Gasteiger partial charge in [0, 0.05) is 0 Å². The molecule has 0 fully saturated rings. The lowest BCUT2D eigenvalue weighted by molar-refractivity contribution is -0.299. The first-order chi connectivity index (χ1) is 10.6. The van der Waals surface area contributed by atoms with Gasteiger partial charge in [-0.15, -0.1) is 0 Å². The first-order valence-corrected chi connectivity index (χ1v) is 6.84. The lowest BCUT2D eigenvalue weighted by atomic mass is 10.1. The number of hydrogen-bond donors (Lipinski definition) is 0. The molecule has 2 aromatic carbocycles. The van der Waals surface area contributed by atoms with Crippen LogP contribution in [0.1, 0.15) is 18.1 Å². The molecule has 0 bridgehead atoms. The maximum absolute atomic E-state index is 10.8. The molecule has 0 heterocycles. The number of carboxylic acid groups (broad SMARTS) is 1. The van der Waals surface area contributed by atoms with E-state index in [1.165, 1.54) is 13.0 Å². The van der Waals surface area contributed by atoms with Crippen molar-refractivity contribution in [2.45, 2.75) is 13.5 Å². The Balaban J connectivity index is 2.21. The second kappa shape index (κ2) is 7.31. The van der Waals surface area contributed by atoms with E-state index in [2.05, 4.69) is 0 Å². The molecule has 4 nitrogen and oxygen atoms in total. The largest absolute Gasteiger partial charge is 0.545 e. The molecule has 0 aromatic heterocycles. The molecule has 22 heavy (non-hydrogen) atoms. The van der Waals surface area contributed by atoms with Crippen molar-refractivity contribution in [1.29, 1.82) is 0 Å². The zero-order valence-corrected chi connectivity index (χ0v) is 12.5. The average molecular weight is 297 g/mol. The molecular weight excluding hydrogens is 280 g/mol. The molecule has 2 rings (SSSR count). The number of methoxy groups -OCH3 is 1. The van der Waals surface area contributed by atoms with Gasteiger partial charge in [0.05, 0.1) is 13.1 Å². The molecule has 0 saturated carbocycles. The molecule has 0 amide bonds. The van der Waals surface area contributed by atoms with Crippen LogP contribution in [0.15, 0.2) is 54.1 Å². The molecular formula is C18H17O4-. The van der Waals surface area contributed by atoms with Crippen molar-refractivity contribution in [3.05, 3.63) is 65.2 Å². The smallest absolute Gasteiger partial charge is 0.162 e. The molecule has 0 spiro atoms. The number of ether oxygens (including phenoxy) is 2. The Kier molecular flexibility index (Phi) is 5.20. The van der Waals surface area contributed by atoms with E-state index < -0.39 is 5.97 Å². The van der Waals surface area contributed by atoms with Crippen molar-refractivity contribution in [2.24, 2.45) is 0 Å². The van der Waals surface area contributed by atoms with Crippen molar-refractivity contribution in [3.8, 4) is 11.5 Å². The third kappa shape index (κ3) is 4.12. The maximum Gasteiger partial charge on any atom is 0.162 e. The summed E-state index contributed by atoms with van der Waals surface area (Å²) in [6.45, 7) is 1.90. The van der Waals surface area contributed by atoms with Crippen molar-refractivity contribution >= 4 is 12.0 Å². The van der Waals surface area contributed by atoms with Crippen molar-refractivity contribution in [2.75, 3.05) is 7.11 Å². The van der Waals surface area contributed by atoms with Gasteiger partial charge in [0.15, 0.2) is 11.5 Å². The summed E-state index contributed by atoms with van der Waals surface area (Å²) in [6, 6.07) is 15.0. The fraction of sp³-hybridized carbons (Fsp3) is 0.167. The molecule has 0 radical (unpaired) electrons. The summed E-state index contributed by atoms with van der Waals surface area (Å²) < 4.78 is 11.0. The Morgan fingerprint density at radius 3 is 2.50 bits per heavy atom. The van der Waals surface area contributed by atoms with E-state index in [1.54, 1.807) is 25.3 Å². The normalized spacial score (nSPS) is 11.1. The highest BCUT2D eigenvalue weighted by atomic mass is 16.5. The minimum atomic E-state index is -1.19. The first-order valence-electron chi connectivity index (χ1n) is 6.84. The van der Waals surface area contributed by atoms with E-state index in [0.717, 1.165) is 5.56 Å². The van der Waals surface area contributed by atoms with Crippen molar-refractivity contribution < 1.29 is 19.4 Å². The highest BCUT2D eigenvalue weighted by molar-refractivity contribution is 5.89. The molecule has 0 N–H and O–H groups in total. The zero-order valence-electron chi connectivity index (χ0n) is 12.5. The summed E-state index contributed by atoms with van der Waals surface area (Å²) in [7, 11) is 1.56. The van der Waals surface area contributed by atoms with Crippen LogP contribution in [0.3, 0.4) is 0 Å². The minimum absolute atomic E-state index is 0.152. The molecule has 4 heteroatoms. The lowest BCUT2D eigenvalue weighted by Gasteiger charge is -2.12. The Hall–Kier alpha value is -2.75.